The van der Waals surface area contributed by atoms with E-state index < -0.39 is 0 Å². The molecule has 1 aromatic rings. The maximum Gasteiger partial charge on any atom is 0.141 e. The first-order chi connectivity index (χ1) is 9.33. The number of rotatable bonds is 4. The molecule has 2 saturated heterocycles. The van der Waals surface area contributed by atoms with Gasteiger partial charge >= 0.3 is 0 Å². The normalized spacial score (nSPS) is 31.1. The predicted molar refractivity (Wildman–Crippen MR) is 69.8 cm³/mol. The van der Waals surface area contributed by atoms with Crippen molar-refractivity contribution in [1.82, 2.24) is 20.1 Å². The average Bonchev–Trinajstić information content (AvgIpc) is 3.06. The Labute approximate surface area is 113 Å². The van der Waals surface area contributed by atoms with E-state index in [-0.39, 0.29) is 5.60 Å². The molecule has 0 radical (unpaired) electrons. The van der Waals surface area contributed by atoms with Gasteiger partial charge in [-0.25, -0.2) is 9.67 Å². The smallest absolute Gasteiger partial charge is 0.141 e. The monoisotopic (exact) mass is 266 g/mol. The summed E-state index contributed by atoms with van der Waals surface area (Å²) in [7, 11) is 0. The minimum atomic E-state index is -0.0790. The van der Waals surface area contributed by atoms with Crippen LogP contribution in [0.3, 0.4) is 0 Å². The molecule has 6 nitrogen and oxygen atoms in total. The van der Waals surface area contributed by atoms with Gasteiger partial charge in [0.1, 0.15) is 12.2 Å². The third-order valence-corrected chi connectivity index (χ3v) is 4.06. The molecule has 2 aliphatic rings. The third-order valence-electron chi connectivity index (χ3n) is 4.06. The standard InChI is InChI=1S/C13H22N4O2/c1-2-14-8-12-15-10-16-17(12)11-3-5-19-13(7-11)4-6-18-9-13/h10-11,14H,2-9H2,1H3. The highest BCUT2D eigenvalue weighted by Crippen LogP contribution is 2.37. The highest BCUT2D eigenvalue weighted by atomic mass is 16.6. The summed E-state index contributed by atoms with van der Waals surface area (Å²) >= 11 is 0. The second-order valence-electron chi connectivity index (χ2n) is 5.38. The SMILES string of the molecule is CCNCc1ncnn1C1CCOC2(CCOC2)C1. The summed E-state index contributed by atoms with van der Waals surface area (Å²) in [6.07, 6.45) is 4.64. The zero-order valence-electron chi connectivity index (χ0n) is 11.5. The van der Waals surface area contributed by atoms with Gasteiger partial charge in [-0.2, -0.15) is 5.10 Å². The van der Waals surface area contributed by atoms with Crippen molar-refractivity contribution < 1.29 is 9.47 Å². The zero-order valence-corrected chi connectivity index (χ0v) is 11.5. The highest BCUT2D eigenvalue weighted by molar-refractivity contribution is 4.95. The molecule has 106 valence electrons. The van der Waals surface area contributed by atoms with Crippen LogP contribution in [-0.2, 0) is 16.0 Å². The van der Waals surface area contributed by atoms with Crippen molar-refractivity contribution >= 4 is 0 Å². The van der Waals surface area contributed by atoms with Gasteiger partial charge in [-0.15, -0.1) is 0 Å². The van der Waals surface area contributed by atoms with Gasteiger partial charge in [0.15, 0.2) is 0 Å². The van der Waals surface area contributed by atoms with Crippen molar-refractivity contribution in [1.29, 1.82) is 0 Å². The molecule has 1 spiro atoms. The van der Waals surface area contributed by atoms with Crippen LogP contribution in [0.5, 0.6) is 0 Å². The molecule has 2 aliphatic heterocycles. The molecule has 2 atom stereocenters. The van der Waals surface area contributed by atoms with Crippen molar-refractivity contribution in [3.05, 3.63) is 12.2 Å². The van der Waals surface area contributed by atoms with Crippen LogP contribution >= 0.6 is 0 Å². The maximum absolute atomic E-state index is 5.97. The summed E-state index contributed by atoms with van der Waals surface area (Å²) in [6.45, 7) is 6.14. The fourth-order valence-corrected chi connectivity index (χ4v) is 3.02. The maximum atomic E-state index is 5.97. The highest BCUT2D eigenvalue weighted by Gasteiger charge is 2.42. The van der Waals surface area contributed by atoms with Crippen LogP contribution in [0.25, 0.3) is 0 Å². The Hall–Kier alpha value is -0.980. The molecule has 0 saturated carbocycles. The second-order valence-corrected chi connectivity index (χ2v) is 5.38. The van der Waals surface area contributed by atoms with Crippen LogP contribution in [0.2, 0.25) is 0 Å². The number of aromatic nitrogens is 3. The Kier molecular flexibility index (Phi) is 3.81. The van der Waals surface area contributed by atoms with Crippen molar-refractivity contribution in [3.8, 4) is 0 Å². The molecule has 0 aliphatic carbocycles. The van der Waals surface area contributed by atoms with Gasteiger partial charge in [0.25, 0.3) is 0 Å². The average molecular weight is 266 g/mol. The molecule has 2 fully saturated rings. The molecule has 0 amide bonds. The summed E-state index contributed by atoms with van der Waals surface area (Å²) in [5, 5.41) is 7.73. The minimum absolute atomic E-state index is 0.0790. The van der Waals surface area contributed by atoms with Gasteiger partial charge in [-0.3, -0.25) is 0 Å². The summed E-state index contributed by atoms with van der Waals surface area (Å²) in [5.74, 6) is 1.02. The molecule has 2 unspecified atom stereocenters. The van der Waals surface area contributed by atoms with Gasteiger partial charge in [0.05, 0.1) is 24.8 Å². The first-order valence-corrected chi connectivity index (χ1v) is 7.14. The molecule has 0 bridgehead atoms. The third kappa shape index (κ3) is 2.66. The molecular weight excluding hydrogens is 244 g/mol. The Balaban J connectivity index is 1.72. The van der Waals surface area contributed by atoms with E-state index in [1.807, 2.05) is 0 Å². The van der Waals surface area contributed by atoms with Crippen LogP contribution in [0, 0.1) is 0 Å². The van der Waals surface area contributed by atoms with E-state index in [1.165, 1.54) is 0 Å². The Morgan fingerprint density at radius 1 is 1.53 bits per heavy atom. The molecule has 1 N–H and O–H groups in total. The van der Waals surface area contributed by atoms with Crippen LogP contribution < -0.4 is 5.32 Å². The first-order valence-electron chi connectivity index (χ1n) is 7.14. The molecule has 19 heavy (non-hydrogen) atoms. The van der Waals surface area contributed by atoms with Crippen LogP contribution in [0.4, 0.5) is 0 Å². The molecule has 3 rings (SSSR count). The largest absolute Gasteiger partial charge is 0.378 e. The molecular formula is C13H22N4O2. The quantitative estimate of drug-likeness (QED) is 0.877. The summed E-state index contributed by atoms with van der Waals surface area (Å²) in [6, 6.07) is 0.381. The minimum Gasteiger partial charge on any atom is -0.378 e. The molecule has 6 heteroatoms. The lowest BCUT2D eigenvalue weighted by Crippen LogP contribution is -2.41. The summed E-state index contributed by atoms with van der Waals surface area (Å²) in [4.78, 5) is 4.36. The number of ether oxygens (including phenoxy) is 2. The first kappa shape index (κ1) is 13.0. The van der Waals surface area contributed by atoms with Gasteiger partial charge in [0.2, 0.25) is 0 Å². The summed E-state index contributed by atoms with van der Waals surface area (Å²) in [5.41, 5.74) is -0.0790. The zero-order chi connectivity index (χ0) is 13.1. The Bertz CT molecular complexity index is 415. The second kappa shape index (κ2) is 5.56. The van der Waals surface area contributed by atoms with Crippen molar-refractivity contribution in [3.63, 3.8) is 0 Å². The van der Waals surface area contributed by atoms with Crippen molar-refractivity contribution in [2.45, 2.75) is 44.4 Å². The lowest BCUT2D eigenvalue weighted by molar-refractivity contribution is -0.0966. The number of nitrogens with zero attached hydrogens (tertiary/aromatic N) is 3. The summed E-state index contributed by atoms with van der Waals surface area (Å²) < 4.78 is 13.6. The predicted octanol–water partition coefficient (Wildman–Crippen LogP) is 0.898. The van der Waals surface area contributed by atoms with E-state index in [4.69, 9.17) is 9.47 Å². The molecule has 1 aromatic heterocycles. The fourth-order valence-electron chi connectivity index (χ4n) is 3.02. The van der Waals surface area contributed by atoms with Gasteiger partial charge < -0.3 is 14.8 Å². The lowest BCUT2D eigenvalue weighted by atomic mass is 9.90. The van der Waals surface area contributed by atoms with Crippen molar-refractivity contribution in [2.24, 2.45) is 0 Å². The van der Waals surface area contributed by atoms with Crippen LogP contribution in [0.1, 0.15) is 38.1 Å². The van der Waals surface area contributed by atoms with E-state index in [0.717, 1.165) is 58.0 Å². The van der Waals surface area contributed by atoms with E-state index >= 15 is 0 Å². The number of hydrogen-bond donors (Lipinski definition) is 1. The topological polar surface area (TPSA) is 61.2 Å². The van der Waals surface area contributed by atoms with E-state index in [9.17, 15) is 0 Å². The van der Waals surface area contributed by atoms with E-state index in [2.05, 4.69) is 27.0 Å². The van der Waals surface area contributed by atoms with Crippen LogP contribution in [0.15, 0.2) is 6.33 Å². The fraction of sp³-hybridized carbons (Fsp3) is 0.846. The Morgan fingerprint density at radius 2 is 2.47 bits per heavy atom. The lowest BCUT2D eigenvalue weighted by Gasteiger charge is -2.37. The van der Waals surface area contributed by atoms with Crippen LogP contribution in [-0.4, -0.2) is 46.7 Å². The van der Waals surface area contributed by atoms with Gasteiger partial charge in [0, 0.05) is 26.1 Å². The van der Waals surface area contributed by atoms with E-state index in [1.54, 1.807) is 6.33 Å². The molecule has 0 aromatic carbocycles. The van der Waals surface area contributed by atoms with Crippen molar-refractivity contribution in [2.75, 3.05) is 26.4 Å². The Morgan fingerprint density at radius 3 is 3.26 bits per heavy atom. The van der Waals surface area contributed by atoms with Gasteiger partial charge in [-0.05, 0) is 13.0 Å². The van der Waals surface area contributed by atoms with E-state index in [0.29, 0.717) is 6.04 Å². The number of nitrogens with one attached hydrogen (secondary N) is 1. The number of hydrogen-bond acceptors (Lipinski definition) is 5. The van der Waals surface area contributed by atoms with Gasteiger partial charge in [-0.1, -0.05) is 6.92 Å². The molecule has 3 heterocycles.